The van der Waals surface area contributed by atoms with Gasteiger partial charge in [0.05, 0.1) is 12.5 Å². The Morgan fingerprint density at radius 2 is 2.24 bits per heavy atom. The van der Waals surface area contributed by atoms with Crippen molar-refractivity contribution in [3.05, 3.63) is 11.8 Å². The zero-order chi connectivity index (χ0) is 15.6. The maximum atomic E-state index is 14.0. The predicted octanol–water partition coefficient (Wildman–Crippen LogP) is -1.75. The van der Waals surface area contributed by atoms with Crippen LogP contribution < -0.4 is 5.32 Å². The molecule has 2 aliphatic heterocycles. The number of nitrogens with one attached hydrogen (secondary N) is 1. The quantitative estimate of drug-likeness (QED) is 0.420. The van der Waals surface area contributed by atoms with Crippen LogP contribution in [-0.2, 0) is 19.1 Å². The molecule has 7 nitrogen and oxygen atoms in total. The Hall–Kier alpha value is -1.95. The highest BCUT2D eigenvalue weighted by Crippen LogP contribution is 2.31. The van der Waals surface area contributed by atoms with Gasteiger partial charge in [0.15, 0.2) is 11.9 Å². The molecule has 8 heteroatoms. The number of hydrogen-bond acceptors (Lipinski definition) is 6. The molecule has 2 heterocycles. The summed E-state index contributed by atoms with van der Waals surface area (Å²) in [6, 6.07) is 0. The van der Waals surface area contributed by atoms with Crippen molar-refractivity contribution in [3.8, 4) is 12.3 Å². The third-order valence-electron chi connectivity index (χ3n) is 3.29. The number of ether oxygens (including phenoxy) is 2. The Kier molecular flexibility index (Phi) is 4.57. The number of carbonyl (C=O) groups is 2. The molecule has 1 fully saturated rings. The van der Waals surface area contributed by atoms with Gasteiger partial charge in [-0.1, -0.05) is 5.92 Å². The van der Waals surface area contributed by atoms with Crippen LogP contribution in [0.25, 0.3) is 0 Å². The van der Waals surface area contributed by atoms with E-state index in [1.165, 1.54) is 0 Å². The average molecular weight is 299 g/mol. The standard InChI is InChI=1S/C13H14FNO6/c1-2-3-20-7-4-6(12(18)15-13(7)19)11-9(14)10(17)8(5-16)21-11/h1,4,6,8-11,16-17H,3,5H2,(H,15,18,19)/t6?,8?,9-,10?,11?/m1/s1. The van der Waals surface area contributed by atoms with Gasteiger partial charge in [-0.3, -0.25) is 14.9 Å². The minimum Gasteiger partial charge on any atom is -0.475 e. The van der Waals surface area contributed by atoms with Gasteiger partial charge < -0.3 is 19.7 Å². The van der Waals surface area contributed by atoms with Crippen molar-refractivity contribution in [2.24, 2.45) is 5.92 Å². The van der Waals surface area contributed by atoms with Gasteiger partial charge in [0.2, 0.25) is 5.91 Å². The van der Waals surface area contributed by atoms with Crippen molar-refractivity contribution in [1.82, 2.24) is 5.32 Å². The summed E-state index contributed by atoms with van der Waals surface area (Å²) in [6.07, 6.45) is 0.242. The Balaban J connectivity index is 2.21. The van der Waals surface area contributed by atoms with Gasteiger partial charge >= 0.3 is 0 Å². The minimum absolute atomic E-state index is 0.188. The summed E-state index contributed by atoms with van der Waals surface area (Å²) in [5, 5.41) is 20.5. The van der Waals surface area contributed by atoms with Crippen molar-refractivity contribution >= 4 is 11.8 Å². The van der Waals surface area contributed by atoms with E-state index in [0.717, 1.165) is 6.08 Å². The maximum Gasteiger partial charge on any atom is 0.292 e. The van der Waals surface area contributed by atoms with Crippen molar-refractivity contribution < 1.29 is 33.7 Å². The molecule has 5 atom stereocenters. The Morgan fingerprint density at radius 3 is 2.81 bits per heavy atom. The fourth-order valence-corrected chi connectivity index (χ4v) is 2.24. The van der Waals surface area contributed by atoms with E-state index in [2.05, 4.69) is 5.92 Å². The topological polar surface area (TPSA) is 105 Å². The summed E-state index contributed by atoms with van der Waals surface area (Å²) < 4.78 is 24.1. The number of rotatable bonds is 4. The average Bonchev–Trinajstić information content (AvgIpc) is 2.74. The van der Waals surface area contributed by atoms with E-state index in [9.17, 15) is 19.1 Å². The minimum atomic E-state index is -1.88. The first kappa shape index (κ1) is 15.4. The summed E-state index contributed by atoms with van der Waals surface area (Å²) in [7, 11) is 0. The number of hydrogen-bond donors (Lipinski definition) is 3. The molecule has 0 saturated carbocycles. The zero-order valence-electron chi connectivity index (χ0n) is 10.9. The van der Waals surface area contributed by atoms with Crippen LogP contribution in [0.2, 0.25) is 0 Å². The van der Waals surface area contributed by atoms with Crippen LogP contribution >= 0.6 is 0 Å². The summed E-state index contributed by atoms with van der Waals surface area (Å²) >= 11 is 0. The van der Waals surface area contributed by atoms with Crippen LogP contribution in [0, 0.1) is 18.3 Å². The van der Waals surface area contributed by atoms with Crippen LogP contribution in [-0.4, -0.2) is 59.7 Å². The molecule has 0 aromatic rings. The molecule has 1 saturated heterocycles. The lowest BCUT2D eigenvalue weighted by Gasteiger charge is -2.25. The maximum absolute atomic E-state index is 14.0. The van der Waals surface area contributed by atoms with Crippen LogP contribution in [0.1, 0.15) is 0 Å². The number of carbonyl (C=O) groups excluding carboxylic acids is 2. The largest absolute Gasteiger partial charge is 0.475 e. The summed E-state index contributed by atoms with van der Waals surface area (Å²) in [5.74, 6) is -0.776. The van der Waals surface area contributed by atoms with Crippen molar-refractivity contribution in [3.63, 3.8) is 0 Å². The predicted molar refractivity (Wildman–Crippen MR) is 66.2 cm³/mol. The fraction of sp³-hybridized carbons (Fsp3) is 0.538. The lowest BCUT2D eigenvalue weighted by molar-refractivity contribution is -0.137. The smallest absolute Gasteiger partial charge is 0.292 e. The molecule has 2 aliphatic rings. The monoisotopic (exact) mass is 299 g/mol. The van der Waals surface area contributed by atoms with E-state index in [1.54, 1.807) is 0 Å². The van der Waals surface area contributed by atoms with E-state index >= 15 is 0 Å². The van der Waals surface area contributed by atoms with Crippen molar-refractivity contribution in [1.29, 1.82) is 0 Å². The summed E-state index contributed by atoms with van der Waals surface area (Å²) in [5.41, 5.74) is 0. The Labute approximate surface area is 119 Å². The second kappa shape index (κ2) is 6.22. The second-order valence-electron chi connectivity index (χ2n) is 4.62. The SMILES string of the molecule is C#CCOC1=CC(C2OC(CO)C(O)[C@H]2F)C(=O)NC1=O. The second-order valence-corrected chi connectivity index (χ2v) is 4.62. The van der Waals surface area contributed by atoms with Gasteiger partial charge in [-0.2, -0.15) is 0 Å². The van der Waals surface area contributed by atoms with E-state index in [-0.39, 0.29) is 12.4 Å². The van der Waals surface area contributed by atoms with Crippen LogP contribution in [0.4, 0.5) is 4.39 Å². The molecule has 2 rings (SSSR count). The van der Waals surface area contributed by atoms with Gasteiger partial charge in [0.1, 0.15) is 24.9 Å². The zero-order valence-corrected chi connectivity index (χ0v) is 10.9. The summed E-state index contributed by atoms with van der Waals surface area (Å²) in [6.45, 7) is -0.776. The number of aliphatic hydroxyl groups excluding tert-OH is 2. The number of halogens is 1. The highest BCUT2D eigenvalue weighted by Gasteiger charge is 2.50. The third-order valence-corrected chi connectivity index (χ3v) is 3.29. The molecular weight excluding hydrogens is 285 g/mol. The van der Waals surface area contributed by atoms with E-state index in [1.807, 2.05) is 5.32 Å². The van der Waals surface area contributed by atoms with Gasteiger partial charge in [-0.25, -0.2) is 4.39 Å². The first-order chi connectivity index (χ1) is 9.99. The molecule has 4 unspecified atom stereocenters. The molecule has 3 N–H and O–H groups in total. The first-order valence-electron chi connectivity index (χ1n) is 6.21. The molecule has 0 radical (unpaired) electrons. The van der Waals surface area contributed by atoms with Crippen molar-refractivity contribution in [2.75, 3.05) is 13.2 Å². The molecule has 0 bridgehead atoms. The third kappa shape index (κ3) is 2.90. The summed E-state index contributed by atoms with van der Waals surface area (Å²) in [4.78, 5) is 23.3. The lowest BCUT2D eigenvalue weighted by atomic mass is 9.93. The van der Waals surface area contributed by atoms with Crippen LogP contribution in [0.15, 0.2) is 11.8 Å². The van der Waals surface area contributed by atoms with Gasteiger partial charge in [0.25, 0.3) is 5.91 Å². The van der Waals surface area contributed by atoms with E-state index in [0.29, 0.717) is 0 Å². The highest BCUT2D eigenvalue weighted by molar-refractivity contribution is 6.07. The van der Waals surface area contributed by atoms with E-state index in [4.69, 9.17) is 21.0 Å². The molecular formula is C13H14FNO6. The van der Waals surface area contributed by atoms with Gasteiger partial charge in [-0.05, 0) is 6.08 Å². The number of imide groups is 1. The fourth-order valence-electron chi connectivity index (χ4n) is 2.24. The molecule has 0 spiro atoms. The molecule has 0 aliphatic carbocycles. The normalized spacial score (nSPS) is 35.9. The highest BCUT2D eigenvalue weighted by atomic mass is 19.1. The number of amides is 2. The molecule has 21 heavy (non-hydrogen) atoms. The first-order valence-corrected chi connectivity index (χ1v) is 6.21. The van der Waals surface area contributed by atoms with Crippen LogP contribution in [0.5, 0.6) is 0 Å². The van der Waals surface area contributed by atoms with Gasteiger partial charge in [0, 0.05) is 0 Å². The van der Waals surface area contributed by atoms with Gasteiger partial charge in [-0.15, -0.1) is 6.42 Å². The number of terminal acetylenes is 1. The number of alkyl halides is 1. The Bertz CT molecular complexity index is 513. The Morgan fingerprint density at radius 1 is 1.52 bits per heavy atom. The lowest BCUT2D eigenvalue weighted by Crippen LogP contribution is -2.47. The molecule has 0 aromatic heterocycles. The van der Waals surface area contributed by atoms with E-state index < -0.39 is 48.8 Å². The van der Waals surface area contributed by atoms with Crippen LogP contribution in [0.3, 0.4) is 0 Å². The molecule has 0 aromatic carbocycles. The number of aliphatic hydroxyl groups is 2. The molecule has 114 valence electrons. The van der Waals surface area contributed by atoms with Crippen molar-refractivity contribution in [2.45, 2.75) is 24.5 Å². The molecule has 2 amide bonds.